The maximum atomic E-state index is 14.0. The van der Waals surface area contributed by atoms with Crippen LogP contribution in [0.1, 0.15) is 47.0 Å². The molecule has 0 radical (unpaired) electrons. The molecule has 0 saturated carbocycles. The molecule has 0 bridgehead atoms. The van der Waals surface area contributed by atoms with Crippen LogP contribution in [0.2, 0.25) is 0 Å². The average molecular weight is 379 g/mol. The standard InChI is InChI=1S/C23H32F2O2/c1-7-16(3)9-11-18(5)19(6)12-10-17(4)15-27-21-14-13-20(26-8-2)22(24)23(21)25/h10,12-14,16,18H,4,6-9,11,15H2,1-3,5H3/b12-10-. The van der Waals surface area contributed by atoms with Gasteiger partial charge in [0.15, 0.2) is 11.5 Å². The van der Waals surface area contributed by atoms with Crippen LogP contribution < -0.4 is 9.47 Å². The predicted molar refractivity (Wildman–Crippen MR) is 108 cm³/mol. The van der Waals surface area contributed by atoms with E-state index in [1.54, 1.807) is 6.92 Å². The molecule has 0 fully saturated rings. The lowest BCUT2D eigenvalue weighted by molar-refractivity contribution is 0.297. The molecule has 150 valence electrons. The highest BCUT2D eigenvalue weighted by molar-refractivity contribution is 5.35. The Balaban J connectivity index is 2.54. The summed E-state index contributed by atoms with van der Waals surface area (Å²) in [6.45, 7) is 16.7. The first-order valence-electron chi connectivity index (χ1n) is 9.58. The Bertz CT molecular complexity index is 665. The van der Waals surface area contributed by atoms with Crippen molar-refractivity contribution in [3.8, 4) is 11.5 Å². The van der Waals surface area contributed by atoms with Crippen molar-refractivity contribution in [1.82, 2.24) is 0 Å². The summed E-state index contributed by atoms with van der Waals surface area (Å²) in [7, 11) is 0. The van der Waals surface area contributed by atoms with Crippen LogP contribution >= 0.6 is 0 Å². The summed E-state index contributed by atoms with van der Waals surface area (Å²) in [6.07, 6.45) is 7.19. The molecule has 0 amide bonds. The summed E-state index contributed by atoms with van der Waals surface area (Å²) in [4.78, 5) is 0. The third-order valence-electron chi connectivity index (χ3n) is 4.68. The second-order valence-electron chi connectivity index (χ2n) is 6.97. The van der Waals surface area contributed by atoms with Gasteiger partial charge in [0.05, 0.1) is 6.61 Å². The van der Waals surface area contributed by atoms with Crippen LogP contribution in [-0.4, -0.2) is 13.2 Å². The summed E-state index contributed by atoms with van der Waals surface area (Å²) < 4.78 is 38.2. The molecule has 0 aliphatic carbocycles. The second kappa shape index (κ2) is 11.6. The van der Waals surface area contributed by atoms with Gasteiger partial charge in [-0.25, -0.2) is 0 Å². The molecule has 1 aromatic rings. The minimum absolute atomic E-state index is 0.0649. The average Bonchev–Trinajstić information content (AvgIpc) is 2.66. The van der Waals surface area contributed by atoms with E-state index < -0.39 is 11.6 Å². The van der Waals surface area contributed by atoms with Crippen LogP contribution in [0.4, 0.5) is 8.78 Å². The Morgan fingerprint density at radius 2 is 1.59 bits per heavy atom. The molecule has 27 heavy (non-hydrogen) atoms. The van der Waals surface area contributed by atoms with Crippen LogP contribution in [0.15, 0.2) is 48.6 Å². The van der Waals surface area contributed by atoms with Gasteiger partial charge in [-0.2, -0.15) is 8.78 Å². The fraction of sp³-hybridized carbons (Fsp3) is 0.478. The maximum Gasteiger partial charge on any atom is 0.204 e. The molecule has 0 saturated heterocycles. The fourth-order valence-corrected chi connectivity index (χ4v) is 2.42. The monoisotopic (exact) mass is 378 g/mol. The molecule has 4 heteroatoms. The zero-order chi connectivity index (χ0) is 20.4. The Labute approximate surface area is 162 Å². The number of benzene rings is 1. The van der Waals surface area contributed by atoms with Gasteiger partial charge in [-0.3, -0.25) is 0 Å². The Hall–Kier alpha value is -2.10. The van der Waals surface area contributed by atoms with E-state index in [1.807, 2.05) is 12.2 Å². The lowest BCUT2D eigenvalue weighted by Gasteiger charge is -2.15. The summed E-state index contributed by atoms with van der Waals surface area (Å²) in [5.74, 6) is -1.27. The second-order valence-corrected chi connectivity index (χ2v) is 6.97. The van der Waals surface area contributed by atoms with Crippen molar-refractivity contribution < 1.29 is 18.3 Å². The highest BCUT2D eigenvalue weighted by Crippen LogP contribution is 2.28. The minimum atomic E-state index is -1.05. The largest absolute Gasteiger partial charge is 0.491 e. The zero-order valence-electron chi connectivity index (χ0n) is 17.0. The molecular formula is C23H32F2O2. The zero-order valence-corrected chi connectivity index (χ0v) is 17.0. The van der Waals surface area contributed by atoms with E-state index in [0.29, 0.717) is 11.5 Å². The number of ether oxygens (including phenoxy) is 2. The molecule has 1 rings (SSSR count). The topological polar surface area (TPSA) is 18.5 Å². The molecule has 0 spiro atoms. The van der Waals surface area contributed by atoms with Crippen molar-refractivity contribution in [1.29, 1.82) is 0 Å². The highest BCUT2D eigenvalue weighted by atomic mass is 19.2. The van der Waals surface area contributed by atoms with Crippen molar-refractivity contribution in [2.75, 3.05) is 13.2 Å². The normalized spacial score (nSPS) is 13.4. The van der Waals surface area contributed by atoms with E-state index in [9.17, 15) is 8.78 Å². The number of rotatable bonds is 12. The van der Waals surface area contributed by atoms with Gasteiger partial charge >= 0.3 is 0 Å². The SMILES string of the molecule is C=C(/C=C\C(=C)C(C)CCC(C)CC)COc1ccc(OCC)c(F)c1F. The highest BCUT2D eigenvalue weighted by Gasteiger charge is 2.15. The van der Waals surface area contributed by atoms with E-state index in [0.717, 1.165) is 17.9 Å². The molecule has 1 aromatic carbocycles. The Morgan fingerprint density at radius 3 is 2.15 bits per heavy atom. The van der Waals surface area contributed by atoms with Gasteiger partial charge in [0.25, 0.3) is 0 Å². The van der Waals surface area contributed by atoms with Crippen LogP contribution in [0.5, 0.6) is 11.5 Å². The van der Waals surface area contributed by atoms with Crippen LogP contribution in [0.25, 0.3) is 0 Å². The van der Waals surface area contributed by atoms with E-state index in [4.69, 9.17) is 9.47 Å². The van der Waals surface area contributed by atoms with Crippen molar-refractivity contribution in [3.63, 3.8) is 0 Å². The predicted octanol–water partition coefficient (Wildman–Crippen LogP) is 6.87. The molecule has 0 N–H and O–H groups in total. The van der Waals surface area contributed by atoms with Gasteiger partial charge in [0.1, 0.15) is 6.61 Å². The first kappa shape index (κ1) is 22.9. The van der Waals surface area contributed by atoms with Crippen LogP contribution in [0.3, 0.4) is 0 Å². The molecule has 0 heterocycles. The quantitative estimate of drug-likeness (QED) is 0.369. The first-order valence-corrected chi connectivity index (χ1v) is 9.58. The van der Waals surface area contributed by atoms with Crippen molar-refractivity contribution in [2.24, 2.45) is 11.8 Å². The van der Waals surface area contributed by atoms with E-state index in [1.165, 1.54) is 25.0 Å². The fourth-order valence-electron chi connectivity index (χ4n) is 2.42. The van der Waals surface area contributed by atoms with Crippen molar-refractivity contribution in [3.05, 3.63) is 60.2 Å². The molecule has 2 nitrogen and oxygen atoms in total. The molecular weight excluding hydrogens is 346 g/mol. The van der Waals surface area contributed by atoms with Gasteiger partial charge < -0.3 is 9.47 Å². The van der Waals surface area contributed by atoms with E-state index in [-0.39, 0.29) is 24.7 Å². The molecule has 0 aliphatic rings. The smallest absolute Gasteiger partial charge is 0.204 e. The van der Waals surface area contributed by atoms with E-state index >= 15 is 0 Å². The first-order chi connectivity index (χ1) is 12.8. The van der Waals surface area contributed by atoms with Crippen molar-refractivity contribution in [2.45, 2.75) is 47.0 Å². The minimum Gasteiger partial charge on any atom is -0.491 e. The number of allylic oxidation sites excluding steroid dienone is 2. The lowest BCUT2D eigenvalue weighted by atomic mass is 9.91. The summed E-state index contributed by atoms with van der Waals surface area (Å²) in [6, 6.07) is 2.72. The number of halogens is 2. The summed E-state index contributed by atoms with van der Waals surface area (Å²) in [5, 5.41) is 0. The summed E-state index contributed by atoms with van der Waals surface area (Å²) >= 11 is 0. The maximum absolute atomic E-state index is 14.0. The van der Waals surface area contributed by atoms with Gasteiger partial charge in [0.2, 0.25) is 11.6 Å². The molecule has 0 aliphatic heterocycles. The van der Waals surface area contributed by atoms with Gasteiger partial charge in [0, 0.05) is 0 Å². The van der Waals surface area contributed by atoms with Gasteiger partial charge in [-0.05, 0) is 42.9 Å². The summed E-state index contributed by atoms with van der Waals surface area (Å²) in [5.41, 5.74) is 1.68. The van der Waals surface area contributed by atoms with Crippen LogP contribution in [-0.2, 0) is 0 Å². The lowest BCUT2D eigenvalue weighted by Crippen LogP contribution is -2.04. The van der Waals surface area contributed by atoms with Gasteiger partial charge in [-0.15, -0.1) is 0 Å². The Morgan fingerprint density at radius 1 is 1.00 bits per heavy atom. The van der Waals surface area contributed by atoms with E-state index in [2.05, 4.69) is 33.9 Å². The molecule has 2 atom stereocenters. The van der Waals surface area contributed by atoms with Crippen LogP contribution in [0, 0.1) is 23.5 Å². The molecule has 2 unspecified atom stereocenters. The van der Waals surface area contributed by atoms with Gasteiger partial charge in [-0.1, -0.05) is 64.5 Å². The third-order valence-corrected chi connectivity index (χ3v) is 4.68. The van der Waals surface area contributed by atoms with Crippen molar-refractivity contribution >= 4 is 0 Å². The molecule has 0 aromatic heterocycles. The third kappa shape index (κ3) is 7.58. The number of hydrogen-bond donors (Lipinski definition) is 0. The Kier molecular flexibility index (Phi) is 9.84. The number of hydrogen-bond acceptors (Lipinski definition) is 2.